The van der Waals surface area contributed by atoms with Crippen LogP contribution in [0.2, 0.25) is 0 Å². The predicted octanol–water partition coefficient (Wildman–Crippen LogP) is 2.67. The van der Waals surface area contributed by atoms with Crippen molar-refractivity contribution in [2.75, 3.05) is 17.0 Å². The highest BCUT2D eigenvalue weighted by molar-refractivity contribution is 6.07. The average Bonchev–Trinajstić information content (AvgIpc) is 2.90. The van der Waals surface area contributed by atoms with Crippen molar-refractivity contribution in [3.05, 3.63) is 93.4 Å². The molecule has 0 saturated heterocycles. The molecule has 0 saturated carbocycles. The van der Waals surface area contributed by atoms with E-state index >= 15 is 0 Å². The monoisotopic (exact) mass is 430 g/mol. The first-order chi connectivity index (χ1) is 15.4. The Morgan fingerprint density at radius 1 is 0.969 bits per heavy atom. The number of carbonyl (C=O) groups is 2. The topological polar surface area (TPSA) is 94.9 Å². The standard InChI is InChI=1S/C24H22N4O4/c1-14(2)26-13-28(27-12-11-19(29)22(30)21(27)24(26)32)20-15-7-3-4-8-16(15)23(31)25-18-10-6-5-9-17(18)20/h3-12,14,20,30H,13H2,1-2H3,(H,25,31)/t20-/m1/s1. The number of aromatic nitrogens is 1. The molecule has 2 amide bonds. The summed E-state index contributed by atoms with van der Waals surface area (Å²) in [5.41, 5.74) is 2.08. The van der Waals surface area contributed by atoms with Crippen LogP contribution < -0.4 is 15.8 Å². The molecule has 8 heteroatoms. The van der Waals surface area contributed by atoms with Crippen molar-refractivity contribution in [2.24, 2.45) is 0 Å². The van der Waals surface area contributed by atoms with Gasteiger partial charge in [-0.3, -0.25) is 24.1 Å². The van der Waals surface area contributed by atoms with E-state index in [0.717, 1.165) is 11.1 Å². The molecular weight excluding hydrogens is 408 g/mol. The molecule has 2 aliphatic heterocycles. The Balaban J connectivity index is 1.81. The van der Waals surface area contributed by atoms with Crippen LogP contribution in [0.5, 0.6) is 5.75 Å². The lowest BCUT2D eigenvalue weighted by molar-refractivity contribution is 0.0621. The van der Waals surface area contributed by atoms with E-state index in [1.165, 1.54) is 16.9 Å². The van der Waals surface area contributed by atoms with E-state index in [2.05, 4.69) is 5.32 Å². The molecule has 0 unspecified atom stereocenters. The Morgan fingerprint density at radius 3 is 2.41 bits per heavy atom. The fourth-order valence-electron chi connectivity index (χ4n) is 4.43. The van der Waals surface area contributed by atoms with Gasteiger partial charge in [0, 0.05) is 35.1 Å². The molecule has 0 fully saturated rings. The summed E-state index contributed by atoms with van der Waals surface area (Å²) in [5, 5.41) is 15.4. The fourth-order valence-corrected chi connectivity index (χ4v) is 4.43. The van der Waals surface area contributed by atoms with Gasteiger partial charge in [0.1, 0.15) is 12.7 Å². The van der Waals surface area contributed by atoms with Crippen LogP contribution in [0.15, 0.2) is 65.6 Å². The second kappa shape index (κ2) is 7.26. The number of benzene rings is 2. The third-order valence-electron chi connectivity index (χ3n) is 6.02. The van der Waals surface area contributed by atoms with Crippen LogP contribution in [0.25, 0.3) is 0 Å². The zero-order valence-corrected chi connectivity index (χ0v) is 17.6. The average molecular weight is 430 g/mol. The van der Waals surface area contributed by atoms with Crippen molar-refractivity contribution in [3.8, 4) is 5.75 Å². The highest BCUT2D eigenvalue weighted by Crippen LogP contribution is 2.39. The summed E-state index contributed by atoms with van der Waals surface area (Å²) in [7, 11) is 0. The van der Waals surface area contributed by atoms with Gasteiger partial charge in [0.2, 0.25) is 5.43 Å². The Labute approximate surface area is 184 Å². The fraction of sp³-hybridized carbons (Fsp3) is 0.208. The zero-order chi connectivity index (χ0) is 22.6. The maximum Gasteiger partial charge on any atom is 0.278 e. The molecule has 1 atom stereocenters. The van der Waals surface area contributed by atoms with Crippen LogP contribution in [0, 0.1) is 0 Å². The first kappa shape index (κ1) is 19.9. The van der Waals surface area contributed by atoms with Gasteiger partial charge < -0.3 is 15.3 Å². The quantitative estimate of drug-likeness (QED) is 0.652. The highest BCUT2D eigenvalue weighted by atomic mass is 16.3. The predicted molar refractivity (Wildman–Crippen MR) is 119 cm³/mol. The molecule has 5 rings (SSSR count). The first-order valence-corrected chi connectivity index (χ1v) is 10.4. The number of pyridine rings is 1. The zero-order valence-electron chi connectivity index (χ0n) is 17.6. The van der Waals surface area contributed by atoms with Crippen molar-refractivity contribution in [3.63, 3.8) is 0 Å². The van der Waals surface area contributed by atoms with Crippen LogP contribution in [-0.4, -0.2) is 39.2 Å². The van der Waals surface area contributed by atoms with Crippen molar-refractivity contribution in [2.45, 2.75) is 25.9 Å². The second-order valence-electron chi connectivity index (χ2n) is 8.20. The summed E-state index contributed by atoms with van der Waals surface area (Å²) in [4.78, 5) is 39.9. The molecule has 32 heavy (non-hydrogen) atoms. The molecule has 8 nitrogen and oxygen atoms in total. The van der Waals surface area contributed by atoms with Gasteiger partial charge in [0.25, 0.3) is 11.8 Å². The molecule has 2 N–H and O–H groups in total. The number of anilines is 1. The van der Waals surface area contributed by atoms with Crippen LogP contribution in [-0.2, 0) is 0 Å². The summed E-state index contributed by atoms with van der Waals surface area (Å²) >= 11 is 0. The van der Waals surface area contributed by atoms with E-state index < -0.39 is 23.1 Å². The Kier molecular flexibility index (Phi) is 4.51. The molecule has 162 valence electrons. The second-order valence-corrected chi connectivity index (χ2v) is 8.20. The van der Waals surface area contributed by atoms with Gasteiger partial charge in [0.15, 0.2) is 11.4 Å². The summed E-state index contributed by atoms with van der Waals surface area (Å²) in [6.07, 6.45) is 1.50. The molecule has 2 aliphatic rings. The number of fused-ring (bicyclic) bond motifs is 3. The summed E-state index contributed by atoms with van der Waals surface area (Å²) in [5.74, 6) is -1.22. The highest BCUT2D eigenvalue weighted by Gasteiger charge is 2.39. The summed E-state index contributed by atoms with van der Waals surface area (Å²) in [6, 6.07) is 15.4. The largest absolute Gasteiger partial charge is 0.502 e. The van der Waals surface area contributed by atoms with Crippen molar-refractivity contribution >= 4 is 17.5 Å². The van der Waals surface area contributed by atoms with Gasteiger partial charge in [-0.2, -0.15) is 0 Å². The molecule has 0 aliphatic carbocycles. The van der Waals surface area contributed by atoms with Gasteiger partial charge >= 0.3 is 0 Å². The van der Waals surface area contributed by atoms with Gasteiger partial charge in [-0.05, 0) is 31.5 Å². The molecule has 0 radical (unpaired) electrons. The van der Waals surface area contributed by atoms with Crippen molar-refractivity contribution < 1.29 is 14.7 Å². The number of para-hydroxylation sites is 1. The summed E-state index contributed by atoms with van der Waals surface area (Å²) < 4.78 is 1.53. The van der Waals surface area contributed by atoms with E-state index in [9.17, 15) is 19.5 Å². The van der Waals surface area contributed by atoms with E-state index in [4.69, 9.17) is 0 Å². The third kappa shape index (κ3) is 2.87. The molecule has 1 aromatic heterocycles. The van der Waals surface area contributed by atoms with Crippen LogP contribution in [0.4, 0.5) is 5.69 Å². The molecule has 2 aromatic carbocycles. The number of rotatable bonds is 2. The number of hydrogen-bond acceptors (Lipinski definition) is 5. The minimum atomic E-state index is -0.617. The van der Waals surface area contributed by atoms with Crippen LogP contribution in [0.3, 0.4) is 0 Å². The Bertz CT molecular complexity index is 1310. The number of hydrogen-bond donors (Lipinski definition) is 2. The van der Waals surface area contributed by atoms with Gasteiger partial charge in [0.05, 0.1) is 0 Å². The van der Waals surface area contributed by atoms with Gasteiger partial charge in [-0.15, -0.1) is 0 Å². The Hall–Kier alpha value is -4.07. The molecular formula is C24H22N4O4. The van der Waals surface area contributed by atoms with Crippen LogP contribution in [0.1, 0.15) is 51.9 Å². The van der Waals surface area contributed by atoms with Gasteiger partial charge in [-0.25, -0.2) is 0 Å². The third-order valence-corrected chi connectivity index (χ3v) is 6.02. The SMILES string of the molecule is CC(C)N1CN([C@H]2c3ccccc3NC(=O)c3ccccc32)n2ccc(=O)c(O)c2C1=O. The number of aromatic hydroxyl groups is 1. The van der Waals surface area contributed by atoms with Crippen molar-refractivity contribution in [1.29, 1.82) is 0 Å². The minimum absolute atomic E-state index is 0.0871. The lowest BCUT2D eigenvalue weighted by Gasteiger charge is -2.45. The smallest absolute Gasteiger partial charge is 0.278 e. The molecule has 0 bridgehead atoms. The summed E-state index contributed by atoms with van der Waals surface area (Å²) in [6.45, 7) is 3.96. The molecule has 0 spiro atoms. The maximum atomic E-state index is 13.2. The number of nitrogens with zero attached hydrogens (tertiary/aromatic N) is 3. The molecule has 3 aromatic rings. The van der Waals surface area contributed by atoms with Gasteiger partial charge in [-0.1, -0.05) is 36.4 Å². The van der Waals surface area contributed by atoms with Crippen LogP contribution >= 0.6 is 0 Å². The maximum absolute atomic E-state index is 13.2. The minimum Gasteiger partial charge on any atom is -0.502 e. The molecule has 3 heterocycles. The van der Waals surface area contributed by atoms with E-state index in [0.29, 0.717) is 11.3 Å². The van der Waals surface area contributed by atoms with E-state index in [-0.39, 0.29) is 24.3 Å². The normalized spacial score (nSPS) is 17.4. The first-order valence-electron chi connectivity index (χ1n) is 10.4. The van der Waals surface area contributed by atoms with E-state index in [1.54, 1.807) is 11.0 Å². The van der Waals surface area contributed by atoms with E-state index in [1.807, 2.05) is 61.3 Å². The lowest BCUT2D eigenvalue weighted by Crippen LogP contribution is -2.57. The Morgan fingerprint density at radius 2 is 1.66 bits per heavy atom. The lowest BCUT2D eigenvalue weighted by atomic mass is 9.94. The number of carbonyl (C=O) groups excluding carboxylic acids is 2. The number of nitrogens with one attached hydrogen (secondary N) is 1. The van der Waals surface area contributed by atoms with Crippen molar-refractivity contribution in [1.82, 2.24) is 9.58 Å². The number of amides is 2.